The van der Waals surface area contributed by atoms with Crippen molar-refractivity contribution in [3.05, 3.63) is 64.4 Å². The van der Waals surface area contributed by atoms with E-state index >= 15 is 0 Å². The van der Waals surface area contributed by atoms with Crippen molar-refractivity contribution in [1.82, 2.24) is 10.2 Å². The lowest BCUT2D eigenvalue weighted by Crippen LogP contribution is -2.48. The summed E-state index contributed by atoms with van der Waals surface area (Å²) in [6, 6.07) is 12.4. The van der Waals surface area contributed by atoms with Crippen LogP contribution in [-0.2, 0) is 26.2 Å². The third kappa shape index (κ3) is 8.92. The molecule has 0 aliphatic carbocycles. The molecule has 0 saturated carbocycles. The van der Waals surface area contributed by atoms with Gasteiger partial charge in [-0.25, -0.2) is 12.8 Å². The molecule has 0 fully saturated rings. The van der Waals surface area contributed by atoms with Crippen LogP contribution in [0.5, 0.6) is 0 Å². The fourth-order valence-corrected chi connectivity index (χ4v) is 4.92. The molecule has 192 valence electrons. The first kappa shape index (κ1) is 28.8. The van der Waals surface area contributed by atoms with Crippen LogP contribution in [0.1, 0.15) is 39.2 Å². The van der Waals surface area contributed by atoms with Crippen molar-refractivity contribution < 1.29 is 22.4 Å². The lowest BCUT2D eigenvalue weighted by atomic mass is 10.1. The summed E-state index contributed by atoms with van der Waals surface area (Å²) in [5, 5.41) is 2.87. The number of halogens is 2. The highest BCUT2D eigenvalue weighted by Crippen LogP contribution is 2.22. The molecule has 0 aromatic heterocycles. The molecule has 2 aromatic carbocycles. The maximum absolute atomic E-state index is 14.3. The number of anilines is 1. The van der Waals surface area contributed by atoms with Crippen LogP contribution in [0.4, 0.5) is 10.1 Å². The summed E-state index contributed by atoms with van der Waals surface area (Å²) in [5.41, 5.74) is 0.787. The number of nitrogens with zero attached hydrogens (tertiary/aromatic N) is 2. The first-order chi connectivity index (χ1) is 16.4. The van der Waals surface area contributed by atoms with E-state index < -0.39 is 21.9 Å². The largest absolute Gasteiger partial charge is 0.354 e. The average Bonchev–Trinajstić information content (AvgIpc) is 2.78. The van der Waals surface area contributed by atoms with Gasteiger partial charge in [0.1, 0.15) is 11.9 Å². The van der Waals surface area contributed by atoms with Crippen LogP contribution in [-0.4, -0.2) is 50.5 Å². The van der Waals surface area contributed by atoms with Crippen LogP contribution in [0.3, 0.4) is 0 Å². The maximum Gasteiger partial charge on any atom is 0.242 e. The Labute approximate surface area is 215 Å². The van der Waals surface area contributed by atoms with Gasteiger partial charge in [-0.1, -0.05) is 54.0 Å². The average molecular weight is 571 g/mol. The van der Waals surface area contributed by atoms with Crippen LogP contribution in [0, 0.1) is 11.7 Å². The second kappa shape index (κ2) is 13.0. The minimum absolute atomic E-state index is 0.00369. The summed E-state index contributed by atoms with van der Waals surface area (Å²) >= 11 is 3.42. The monoisotopic (exact) mass is 569 g/mol. The van der Waals surface area contributed by atoms with Crippen LogP contribution in [0.15, 0.2) is 53.0 Å². The topological polar surface area (TPSA) is 86.8 Å². The van der Waals surface area contributed by atoms with Crippen LogP contribution >= 0.6 is 15.9 Å². The summed E-state index contributed by atoms with van der Waals surface area (Å²) in [7, 11) is -3.76. The third-order valence-electron chi connectivity index (χ3n) is 5.37. The first-order valence-corrected chi connectivity index (χ1v) is 14.1. The standard InChI is InChI=1S/C25H33BrFN3O4S/c1-18(2)16-28-25(32)19(3)29(17-20-9-7-10-21(26)15-20)24(31)13-8-14-30(35(4,33)34)23-12-6-5-11-22(23)27/h5-7,9-12,15,18-19H,8,13-14,16-17H2,1-4H3,(H,28,32)/t19-/m1/s1. The molecule has 2 amide bonds. The normalized spacial score (nSPS) is 12.3. The minimum Gasteiger partial charge on any atom is -0.354 e. The number of rotatable bonds is 12. The Hall–Kier alpha value is -2.46. The molecule has 0 heterocycles. The highest BCUT2D eigenvalue weighted by Gasteiger charge is 2.27. The molecule has 1 N–H and O–H groups in total. The molecule has 0 radical (unpaired) electrons. The molecular formula is C25H33BrFN3O4S. The zero-order chi connectivity index (χ0) is 26.2. The number of sulfonamides is 1. The molecule has 0 aliphatic heterocycles. The molecule has 0 bridgehead atoms. The molecule has 2 aromatic rings. The van der Waals surface area contributed by atoms with Gasteiger partial charge >= 0.3 is 0 Å². The fraction of sp³-hybridized carbons (Fsp3) is 0.440. The molecule has 0 spiro atoms. The smallest absolute Gasteiger partial charge is 0.242 e. The van der Waals surface area contributed by atoms with Crippen molar-refractivity contribution in [2.75, 3.05) is 23.7 Å². The van der Waals surface area contributed by atoms with E-state index in [0.29, 0.717) is 6.54 Å². The van der Waals surface area contributed by atoms with Crippen molar-refractivity contribution in [1.29, 1.82) is 0 Å². The number of hydrogen-bond acceptors (Lipinski definition) is 4. The second-order valence-electron chi connectivity index (χ2n) is 8.86. The predicted octanol–water partition coefficient (Wildman–Crippen LogP) is 4.32. The predicted molar refractivity (Wildman–Crippen MR) is 140 cm³/mol. The van der Waals surface area contributed by atoms with E-state index in [4.69, 9.17) is 0 Å². The highest BCUT2D eigenvalue weighted by molar-refractivity contribution is 9.10. The van der Waals surface area contributed by atoms with Gasteiger partial charge in [-0.2, -0.15) is 0 Å². The Morgan fingerprint density at radius 3 is 2.37 bits per heavy atom. The van der Waals surface area contributed by atoms with E-state index in [-0.39, 0.29) is 49.4 Å². The van der Waals surface area contributed by atoms with Gasteiger partial charge in [0, 0.05) is 30.5 Å². The number of carbonyl (C=O) groups is 2. The second-order valence-corrected chi connectivity index (χ2v) is 11.7. The first-order valence-electron chi connectivity index (χ1n) is 11.4. The Bertz CT molecular complexity index is 1130. The highest BCUT2D eigenvalue weighted by atomic mass is 79.9. The molecule has 0 unspecified atom stereocenters. The molecule has 2 rings (SSSR count). The summed E-state index contributed by atoms with van der Waals surface area (Å²) < 4.78 is 40.7. The van der Waals surface area contributed by atoms with Gasteiger partial charge in [0.25, 0.3) is 0 Å². The lowest BCUT2D eigenvalue weighted by Gasteiger charge is -2.29. The van der Waals surface area contributed by atoms with Crippen molar-refractivity contribution in [3.8, 4) is 0 Å². The Morgan fingerprint density at radius 2 is 1.77 bits per heavy atom. The molecule has 10 heteroatoms. The summed E-state index contributed by atoms with van der Waals surface area (Å²) in [6.45, 7) is 6.29. The zero-order valence-electron chi connectivity index (χ0n) is 20.5. The lowest BCUT2D eigenvalue weighted by molar-refractivity contribution is -0.140. The molecule has 7 nitrogen and oxygen atoms in total. The summed E-state index contributed by atoms with van der Waals surface area (Å²) in [6.07, 6.45) is 1.16. The number of nitrogens with one attached hydrogen (secondary N) is 1. The zero-order valence-corrected chi connectivity index (χ0v) is 22.9. The number of para-hydroxylation sites is 1. The van der Waals surface area contributed by atoms with E-state index in [2.05, 4.69) is 21.2 Å². The molecule has 1 atom stereocenters. The SMILES string of the molecule is CC(C)CNC(=O)[C@@H](C)N(Cc1cccc(Br)c1)C(=O)CCCN(c1ccccc1F)S(C)(=O)=O. The van der Waals surface area contributed by atoms with Crippen molar-refractivity contribution in [2.24, 2.45) is 5.92 Å². The number of benzene rings is 2. The summed E-state index contributed by atoms with van der Waals surface area (Å²) in [5.74, 6) is -0.943. The Balaban J connectivity index is 2.17. The van der Waals surface area contributed by atoms with Gasteiger partial charge in [0.15, 0.2) is 0 Å². The summed E-state index contributed by atoms with van der Waals surface area (Å²) in [4.78, 5) is 27.5. The molecule has 0 saturated heterocycles. The van der Waals surface area contributed by atoms with Crippen LogP contribution < -0.4 is 9.62 Å². The van der Waals surface area contributed by atoms with Crippen molar-refractivity contribution in [2.45, 2.75) is 46.2 Å². The Kier molecular flexibility index (Phi) is 10.7. The Morgan fingerprint density at radius 1 is 1.09 bits per heavy atom. The van der Waals surface area contributed by atoms with E-state index in [9.17, 15) is 22.4 Å². The van der Waals surface area contributed by atoms with Crippen molar-refractivity contribution >= 4 is 43.5 Å². The van der Waals surface area contributed by atoms with E-state index in [0.717, 1.165) is 20.6 Å². The number of carbonyl (C=O) groups excluding carboxylic acids is 2. The van der Waals surface area contributed by atoms with E-state index in [1.54, 1.807) is 13.0 Å². The molecule has 0 aliphatic rings. The van der Waals surface area contributed by atoms with Gasteiger partial charge in [0.2, 0.25) is 21.8 Å². The third-order valence-corrected chi connectivity index (χ3v) is 7.04. The van der Waals surface area contributed by atoms with Gasteiger partial charge in [-0.15, -0.1) is 0 Å². The van der Waals surface area contributed by atoms with Gasteiger partial charge in [-0.05, 0) is 49.1 Å². The van der Waals surface area contributed by atoms with Crippen LogP contribution in [0.2, 0.25) is 0 Å². The fourth-order valence-electron chi connectivity index (χ4n) is 3.50. The van der Waals surface area contributed by atoms with E-state index in [1.807, 2.05) is 38.1 Å². The van der Waals surface area contributed by atoms with Gasteiger partial charge in [-0.3, -0.25) is 13.9 Å². The quantitative estimate of drug-likeness (QED) is 0.412. The number of hydrogen-bond donors (Lipinski definition) is 1. The van der Waals surface area contributed by atoms with Crippen molar-refractivity contribution in [3.63, 3.8) is 0 Å². The van der Waals surface area contributed by atoms with Gasteiger partial charge in [0.05, 0.1) is 11.9 Å². The molecular weight excluding hydrogens is 537 g/mol. The van der Waals surface area contributed by atoms with Gasteiger partial charge < -0.3 is 10.2 Å². The minimum atomic E-state index is -3.76. The maximum atomic E-state index is 14.3. The van der Waals surface area contributed by atoms with Crippen LogP contribution in [0.25, 0.3) is 0 Å². The number of amides is 2. The molecule has 35 heavy (non-hydrogen) atoms. The van der Waals surface area contributed by atoms with E-state index in [1.165, 1.54) is 23.1 Å².